The summed E-state index contributed by atoms with van der Waals surface area (Å²) in [5, 5.41) is 2.86. The molecule has 1 atom stereocenters. The number of benzene rings is 2. The topological polar surface area (TPSA) is 86.8 Å². The molecule has 35 heavy (non-hydrogen) atoms. The molecule has 192 valence electrons. The lowest BCUT2D eigenvalue weighted by atomic mass is 10.1. The number of carbonyl (C=O) groups is 2. The van der Waals surface area contributed by atoms with E-state index >= 15 is 0 Å². The van der Waals surface area contributed by atoms with E-state index in [-0.39, 0.29) is 24.8 Å². The highest BCUT2D eigenvalue weighted by Gasteiger charge is 2.26. The first-order valence-electron chi connectivity index (χ1n) is 11.8. The number of halogens is 1. The van der Waals surface area contributed by atoms with Gasteiger partial charge in [-0.3, -0.25) is 13.9 Å². The molecule has 9 heteroatoms. The lowest BCUT2D eigenvalue weighted by Gasteiger charge is -2.29. The van der Waals surface area contributed by atoms with Crippen molar-refractivity contribution in [2.75, 3.05) is 23.7 Å². The van der Waals surface area contributed by atoms with Crippen LogP contribution in [-0.2, 0) is 26.2 Å². The third-order valence-electron chi connectivity index (χ3n) is 5.77. The first-order valence-corrected chi connectivity index (χ1v) is 14.4. The maximum absolute atomic E-state index is 13.3. The van der Waals surface area contributed by atoms with Gasteiger partial charge in [0.05, 0.1) is 11.9 Å². The van der Waals surface area contributed by atoms with Crippen molar-refractivity contribution < 1.29 is 18.0 Å². The molecule has 2 aromatic carbocycles. The number of hydrogen-bond donors (Lipinski definition) is 1. The minimum absolute atomic E-state index is 0.124. The molecule has 0 aromatic heterocycles. The van der Waals surface area contributed by atoms with Crippen molar-refractivity contribution in [1.82, 2.24) is 10.2 Å². The first kappa shape index (κ1) is 28.8. The molecule has 0 spiro atoms. The van der Waals surface area contributed by atoms with Gasteiger partial charge in [0.15, 0.2) is 0 Å². The Morgan fingerprint density at radius 1 is 1.09 bits per heavy atom. The highest BCUT2D eigenvalue weighted by Crippen LogP contribution is 2.25. The molecule has 7 nitrogen and oxygen atoms in total. The van der Waals surface area contributed by atoms with Crippen LogP contribution in [0, 0.1) is 13.8 Å². The second kappa shape index (κ2) is 13.1. The van der Waals surface area contributed by atoms with Gasteiger partial charge in [-0.05, 0) is 68.5 Å². The second-order valence-corrected chi connectivity index (χ2v) is 11.7. The van der Waals surface area contributed by atoms with Crippen LogP contribution < -0.4 is 9.62 Å². The Balaban J connectivity index is 2.18. The second-order valence-electron chi connectivity index (χ2n) is 8.84. The van der Waals surface area contributed by atoms with Gasteiger partial charge >= 0.3 is 0 Å². The number of amides is 2. The highest BCUT2D eigenvalue weighted by atomic mass is 79.9. The van der Waals surface area contributed by atoms with Crippen molar-refractivity contribution in [3.63, 3.8) is 0 Å². The number of carbonyl (C=O) groups excluding carboxylic acids is 2. The van der Waals surface area contributed by atoms with E-state index in [1.807, 2.05) is 63.2 Å². The summed E-state index contributed by atoms with van der Waals surface area (Å²) in [5.74, 6) is -0.396. The van der Waals surface area contributed by atoms with E-state index in [1.165, 1.54) is 10.6 Å². The van der Waals surface area contributed by atoms with Crippen LogP contribution in [0.1, 0.15) is 49.8 Å². The van der Waals surface area contributed by atoms with E-state index in [0.717, 1.165) is 27.6 Å². The molecule has 0 saturated heterocycles. The molecule has 0 aliphatic carbocycles. The van der Waals surface area contributed by atoms with Crippen LogP contribution in [0.3, 0.4) is 0 Å². The van der Waals surface area contributed by atoms with E-state index in [9.17, 15) is 18.0 Å². The number of sulfonamides is 1. The molecule has 0 fully saturated rings. The fourth-order valence-corrected chi connectivity index (χ4v) is 5.01. The lowest BCUT2D eigenvalue weighted by Crippen LogP contribution is -2.47. The molecule has 0 bridgehead atoms. The summed E-state index contributed by atoms with van der Waals surface area (Å²) in [4.78, 5) is 27.5. The zero-order valence-electron chi connectivity index (χ0n) is 21.2. The van der Waals surface area contributed by atoms with E-state index in [2.05, 4.69) is 21.2 Å². The van der Waals surface area contributed by atoms with Crippen LogP contribution in [0.15, 0.2) is 46.9 Å². The van der Waals surface area contributed by atoms with Crippen molar-refractivity contribution in [3.8, 4) is 0 Å². The smallest absolute Gasteiger partial charge is 0.242 e. The molecule has 0 aliphatic heterocycles. The normalized spacial score (nSPS) is 12.2. The Labute approximate surface area is 218 Å². The number of aryl methyl sites for hydroxylation is 2. The number of anilines is 1. The van der Waals surface area contributed by atoms with Crippen molar-refractivity contribution in [3.05, 3.63) is 63.6 Å². The van der Waals surface area contributed by atoms with Gasteiger partial charge in [0.1, 0.15) is 6.04 Å². The van der Waals surface area contributed by atoms with Gasteiger partial charge in [0.25, 0.3) is 0 Å². The molecule has 0 radical (unpaired) electrons. The summed E-state index contributed by atoms with van der Waals surface area (Å²) < 4.78 is 27.4. The van der Waals surface area contributed by atoms with Crippen molar-refractivity contribution in [2.45, 2.75) is 59.5 Å². The SMILES string of the molecule is CCCNC(=O)[C@@H](C)N(Cc1ccc(Br)cc1)C(=O)CCCN(c1cc(C)ccc1C)S(C)(=O)=O. The molecule has 0 saturated carbocycles. The van der Waals surface area contributed by atoms with Gasteiger partial charge in [0.2, 0.25) is 21.8 Å². The van der Waals surface area contributed by atoms with Crippen LogP contribution in [0.4, 0.5) is 5.69 Å². The quantitative estimate of drug-likeness (QED) is 0.408. The Morgan fingerprint density at radius 3 is 2.34 bits per heavy atom. The largest absolute Gasteiger partial charge is 0.354 e. The van der Waals surface area contributed by atoms with Gasteiger partial charge in [0, 0.05) is 30.5 Å². The molecule has 0 heterocycles. The van der Waals surface area contributed by atoms with E-state index < -0.39 is 16.1 Å². The van der Waals surface area contributed by atoms with Crippen LogP contribution in [-0.4, -0.2) is 50.5 Å². The Hall–Kier alpha value is -2.39. The fourth-order valence-electron chi connectivity index (χ4n) is 3.74. The van der Waals surface area contributed by atoms with Gasteiger partial charge < -0.3 is 10.2 Å². The van der Waals surface area contributed by atoms with Gasteiger partial charge in [-0.2, -0.15) is 0 Å². The predicted molar refractivity (Wildman–Crippen MR) is 145 cm³/mol. The number of nitrogens with zero attached hydrogens (tertiary/aromatic N) is 2. The summed E-state index contributed by atoms with van der Waals surface area (Å²) in [6, 6.07) is 12.6. The molecule has 2 amide bonds. The minimum Gasteiger partial charge on any atom is -0.354 e. The summed E-state index contributed by atoms with van der Waals surface area (Å²) in [5.41, 5.74) is 3.34. The predicted octanol–water partition coefficient (Wildman–Crippen LogP) is 4.56. The molecule has 0 aliphatic rings. The summed E-state index contributed by atoms with van der Waals surface area (Å²) in [6.07, 6.45) is 2.44. The van der Waals surface area contributed by atoms with Gasteiger partial charge in [-0.25, -0.2) is 8.42 Å². The Kier molecular flexibility index (Phi) is 10.8. The molecular weight excluding hydrogens is 530 g/mol. The zero-order valence-corrected chi connectivity index (χ0v) is 23.6. The van der Waals surface area contributed by atoms with E-state index in [1.54, 1.807) is 11.8 Å². The van der Waals surface area contributed by atoms with E-state index in [0.29, 0.717) is 25.2 Å². The highest BCUT2D eigenvalue weighted by molar-refractivity contribution is 9.10. The first-order chi connectivity index (χ1) is 16.4. The third-order valence-corrected chi connectivity index (χ3v) is 7.48. The van der Waals surface area contributed by atoms with Gasteiger partial charge in [-0.15, -0.1) is 0 Å². The molecule has 0 unspecified atom stereocenters. The van der Waals surface area contributed by atoms with Gasteiger partial charge in [-0.1, -0.05) is 47.1 Å². The molecule has 2 rings (SSSR count). The van der Waals surface area contributed by atoms with Crippen molar-refractivity contribution >= 4 is 43.5 Å². The summed E-state index contributed by atoms with van der Waals surface area (Å²) in [6.45, 7) is 8.49. The number of nitrogens with one attached hydrogen (secondary N) is 1. The van der Waals surface area contributed by atoms with Crippen LogP contribution in [0.5, 0.6) is 0 Å². The fraction of sp³-hybridized carbons (Fsp3) is 0.462. The third kappa shape index (κ3) is 8.65. The average Bonchev–Trinajstić information content (AvgIpc) is 2.80. The van der Waals surface area contributed by atoms with E-state index in [4.69, 9.17) is 0 Å². The number of hydrogen-bond acceptors (Lipinski definition) is 4. The Bertz CT molecular complexity index is 1120. The van der Waals surface area contributed by atoms with Crippen molar-refractivity contribution in [1.29, 1.82) is 0 Å². The standard InChI is InChI=1S/C26H36BrN3O4S/c1-6-15-28-26(32)21(4)29(18-22-11-13-23(27)14-12-22)25(31)8-7-16-30(35(5,33)34)24-17-19(2)9-10-20(24)3/h9-14,17,21H,6-8,15-16,18H2,1-5H3,(H,28,32)/t21-/m1/s1. The zero-order chi connectivity index (χ0) is 26.2. The summed E-state index contributed by atoms with van der Waals surface area (Å²) in [7, 11) is -3.53. The maximum Gasteiger partial charge on any atom is 0.242 e. The van der Waals surface area contributed by atoms with Crippen LogP contribution in [0.25, 0.3) is 0 Å². The molecule has 2 aromatic rings. The van der Waals surface area contributed by atoms with Crippen LogP contribution in [0.2, 0.25) is 0 Å². The molecule has 1 N–H and O–H groups in total. The van der Waals surface area contributed by atoms with Crippen molar-refractivity contribution in [2.24, 2.45) is 0 Å². The van der Waals surface area contributed by atoms with Crippen LogP contribution >= 0.6 is 15.9 Å². The monoisotopic (exact) mass is 565 g/mol. The lowest BCUT2D eigenvalue weighted by molar-refractivity contribution is -0.140. The minimum atomic E-state index is -3.53. The Morgan fingerprint density at radius 2 is 1.74 bits per heavy atom. The maximum atomic E-state index is 13.3. The summed E-state index contributed by atoms with van der Waals surface area (Å²) >= 11 is 3.42. The number of rotatable bonds is 12. The molecular formula is C26H36BrN3O4S. The average molecular weight is 567 g/mol.